The number of ether oxygens (including phenoxy) is 2. The number of halogens is 1. The standard InChI is InChI=1S/C25H26N2O3.ClH/c1-18-9-8-10-19(2)25(18)30-16-20(28)15-27-23-14-7-6-13-22(23)26-24(27)17-29-21-11-4-3-5-12-21;/h3-14,20,28H,15-17H2,1-2H3;1H. The van der Waals surface area contributed by atoms with Gasteiger partial charge >= 0.3 is 0 Å². The number of aryl methyl sites for hydroxylation is 2. The summed E-state index contributed by atoms with van der Waals surface area (Å²) >= 11 is 0. The Morgan fingerprint density at radius 2 is 1.55 bits per heavy atom. The minimum Gasteiger partial charge on any atom is -0.490 e. The first-order valence-corrected chi connectivity index (χ1v) is 10.1. The van der Waals surface area contributed by atoms with E-state index in [2.05, 4.69) is 0 Å². The molecule has 0 saturated heterocycles. The Morgan fingerprint density at radius 3 is 2.29 bits per heavy atom. The Labute approximate surface area is 188 Å². The quantitative estimate of drug-likeness (QED) is 0.416. The van der Waals surface area contributed by atoms with Crippen LogP contribution in [0.1, 0.15) is 17.0 Å². The summed E-state index contributed by atoms with van der Waals surface area (Å²) in [6.07, 6.45) is -0.683. The molecule has 162 valence electrons. The van der Waals surface area contributed by atoms with Crippen LogP contribution in [0.3, 0.4) is 0 Å². The number of nitrogens with zero attached hydrogens (tertiary/aromatic N) is 2. The molecular weight excluding hydrogens is 412 g/mol. The second kappa shape index (κ2) is 10.3. The van der Waals surface area contributed by atoms with Crippen LogP contribution in [0.15, 0.2) is 72.8 Å². The predicted molar refractivity (Wildman–Crippen MR) is 125 cm³/mol. The van der Waals surface area contributed by atoms with Gasteiger partial charge in [0.25, 0.3) is 0 Å². The van der Waals surface area contributed by atoms with Crippen LogP contribution in [0.4, 0.5) is 0 Å². The van der Waals surface area contributed by atoms with Gasteiger partial charge in [0, 0.05) is 0 Å². The molecule has 1 heterocycles. The lowest BCUT2D eigenvalue weighted by Gasteiger charge is -2.18. The molecule has 31 heavy (non-hydrogen) atoms. The fourth-order valence-corrected chi connectivity index (χ4v) is 3.57. The SMILES string of the molecule is Cc1cccc(C)c1OCC(O)Cn1c(COc2ccccc2)nc2ccccc21.Cl. The van der Waals surface area contributed by atoms with Gasteiger partial charge in [0.2, 0.25) is 0 Å². The maximum absolute atomic E-state index is 10.7. The number of aliphatic hydroxyl groups is 1. The van der Waals surface area contributed by atoms with Crippen molar-refractivity contribution in [2.75, 3.05) is 6.61 Å². The highest BCUT2D eigenvalue weighted by molar-refractivity contribution is 5.85. The highest BCUT2D eigenvalue weighted by atomic mass is 35.5. The summed E-state index contributed by atoms with van der Waals surface area (Å²) in [6.45, 7) is 4.92. The van der Waals surface area contributed by atoms with Crippen molar-refractivity contribution < 1.29 is 14.6 Å². The van der Waals surface area contributed by atoms with Crippen LogP contribution in [-0.4, -0.2) is 27.4 Å². The van der Waals surface area contributed by atoms with Crippen molar-refractivity contribution in [3.05, 3.63) is 89.7 Å². The lowest BCUT2D eigenvalue weighted by Crippen LogP contribution is -2.25. The van der Waals surface area contributed by atoms with Crippen molar-refractivity contribution in [3.63, 3.8) is 0 Å². The van der Waals surface area contributed by atoms with E-state index in [-0.39, 0.29) is 19.0 Å². The number of aromatic nitrogens is 2. The van der Waals surface area contributed by atoms with Crippen LogP contribution >= 0.6 is 12.4 Å². The summed E-state index contributed by atoms with van der Waals surface area (Å²) in [5.41, 5.74) is 3.97. The first kappa shape index (κ1) is 22.7. The van der Waals surface area contributed by atoms with Crippen molar-refractivity contribution in [1.82, 2.24) is 9.55 Å². The maximum Gasteiger partial charge on any atom is 0.148 e. The first-order chi connectivity index (χ1) is 14.6. The smallest absolute Gasteiger partial charge is 0.148 e. The molecule has 1 atom stereocenters. The molecule has 1 unspecified atom stereocenters. The molecule has 5 nitrogen and oxygen atoms in total. The molecule has 0 amide bonds. The first-order valence-electron chi connectivity index (χ1n) is 10.1. The van der Waals surface area contributed by atoms with Crippen LogP contribution in [0.2, 0.25) is 0 Å². The number of hydrogen-bond donors (Lipinski definition) is 1. The largest absolute Gasteiger partial charge is 0.490 e. The highest BCUT2D eigenvalue weighted by Crippen LogP contribution is 2.23. The maximum atomic E-state index is 10.7. The summed E-state index contributed by atoms with van der Waals surface area (Å²) in [4.78, 5) is 4.71. The molecule has 0 aliphatic rings. The number of benzene rings is 3. The van der Waals surface area contributed by atoms with Crippen molar-refractivity contribution in [1.29, 1.82) is 0 Å². The van der Waals surface area contributed by atoms with Crippen LogP contribution < -0.4 is 9.47 Å². The lowest BCUT2D eigenvalue weighted by molar-refractivity contribution is 0.0911. The van der Waals surface area contributed by atoms with Gasteiger partial charge in [-0.05, 0) is 49.2 Å². The minimum atomic E-state index is -0.683. The van der Waals surface area contributed by atoms with E-state index in [1.54, 1.807) is 0 Å². The topological polar surface area (TPSA) is 56.5 Å². The summed E-state index contributed by atoms with van der Waals surface area (Å²) in [5, 5.41) is 10.7. The number of aliphatic hydroxyl groups excluding tert-OH is 1. The molecule has 0 spiro atoms. The molecule has 3 aromatic carbocycles. The van der Waals surface area contributed by atoms with Gasteiger partial charge < -0.3 is 19.1 Å². The molecule has 1 aromatic heterocycles. The minimum absolute atomic E-state index is 0. The summed E-state index contributed by atoms with van der Waals surface area (Å²) in [7, 11) is 0. The second-order valence-electron chi connectivity index (χ2n) is 7.41. The van der Waals surface area contributed by atoms with Crippen molar-refractivity contribution in [2.24, 2.45) is 0 Å². The van der Waals surface area contributed by atoms with Gasteiger partial charge in [-0.25, -0.2) is 4.98 Å². The molecule has 0 saturated carbocycles. The van der Waals surface area contributed by atoms with E-state index in [0.717, 1.165) is 39.5 Å². The molecule has 6 heteroatoms. The van der Waals surface area contributed by atoms with Gasteiger partial charge in [-0.2, -0.15) is 0 Å². The Morgan fingerprint density at radius 1 is 0.871 bits per heavy atom. The Hall–Kier alpha value is -3.02. The van der Waals surface area contributed by atoms with Crippen molar-refractivity contribution in [3.8, 4) is 11.5 Å². The van der Waals surface area contributed by atoms with Gasteiger partial charge in [-0.15, -0.1) is 12.4 Å². The van der Waals surface area contributed by atoms with Crippen LogP contribution in [-0.2, 0) is 13.2 Å². The lowest BCUT2D eigenvalue weighted by atomic mass is 10.1. The van der Waals surface area contributed by atoms with Gasteiger partial charge in [-0.1, -0.05) is 48.5 Å². The molecule has 1 N–H and O–H groups in total. The van der Waals surface area contributed by atoms with E-state index in [1.807, 2.05) is 91.2 Å². The molecular formula is C25H27ClN2O3. The van der Waals surface area contributed by atoms with Crippen LogP contribution in [0, 0.1) is 13.8 Å². The monoisotopic (exact) mass is 438 g/mol. The van der Waals surface area contributed by atoms with Crippen LogP contribution in [0.25, 0.3) is 11.0 Å². The van der Waals surface area contributed by atoms with E-state index in [1.165, 1.54) is 0 Å². The molecule has 0 aliphatic heterocycles. The fourth-order valence-electron chi connectivity index (χ4n) is 3.57. The predicted octanol–water partition coefficient (Wildman–Crippen LogP) is 5.09. The third-order valence-electron chi connectivity index (χ3n) is 5.07. The summed E-state index contributed by atoms with van der Waals surface area (Å²) in [6, 6.07) is 23.6. The molecule has 4 rings (SSSR count). The average molecular weight is 439 g/mol. The Kier molecular flexibility index (Phi) is 7.55. The zero-order valence-electron chi connectivity index (χ0n) is 17.7. The number of rotatable bonds is 8. The summed E-state index contributed by atoms with van der Waals surface area (Å²) in [5.74, 6) is 2.39. The van der Waals surface area contributed by atoms with E-state index < -0.39 is 6.10 Å². The third-order valence-corrected chi connectivity index (χ3v) is 5.07. The number of hydrogen-bond acceptors (Lipinski definition) is 4. The number of para-hydroxylation sites is 4. The second-order valence-corrected chi connectivity index (χ2v) is 7.41. The zero-order chi connectivity index (χ0) is 20.9. The van der Waals surface area contributed by atoms with Gasteiger partial charge in [-0.3, -0.25) is 0 Å². The Balaban J connectivity index is 0.00000272. The van der Waals surface area contributed by atoms with E-state index in [4.69, 9.17) is 14.5 Å². The zero-order valence-corrected chi connectivity index (χ0v) is 18.5. The van der Waals surface area contributed by atoms with Gasteiger partial charge in [0.1, 0.15) is 36.6 Å². The van der Waals surface area contributed by atoms with Crippen LogP contribution in [0.5, 0.6) is 11.5 Å². The van der Waals surface area contributed by atoms with Gasteiger partial charge in [0.05, 0.1) is 17.6 Å². The molecule has 0 bridgehead atoms. The molecule has 0 aliphatic carbocycles. The van der Waals surface area contributed by atoms with E-state index >= 15 is 0 Å². The van der Waals surface area contributed by atoms with E-state index in [9.17, 15) is 5.11 Å². The fraction of sp³-hybridized carbons (Fsp3) is 0.240. The molecule has 0 fully saturated rings. The number of fused-ring (bicyclic) bond motifs is 1. The normalized spacial score (nSPS) is 11.7. The highest BCUT2D eigenvalue weighted by Gasteiger charge is 2.16. The average Bonchev–Trinajstić information content (AvgIpc) is 3.10. The van der Waals surface area contributed by atoms with Crippen molar-refractivity contribution in [2.45, 2.75) is 33.1 Å². The Bertz CT molecular complexity index is 1110. The van der Waals surface area contributed by atoms with E-state index in [0.29, 0.717) is 13.2 Å². The molecule has 0 radical (unpaired) electrons. The summed E-state index contributed by atoms with van der Waals surface area (Å²) < 4.78 is 13.9. The van der Waals surface area contributed by atoms with Gasteiger partial charge in [0.15, 0.2) is 0 Å². The van der Waals surface area contributed by atoms with Crippen molar-refractivity contribution >= 4 is 23.4 Å². The molecule has 4 aromatic rings. The third kappa shape index (κ3) is 5.37. The number of imidazole rings is 1.